The third-order valence-electron chi connectivity index (χ3n) is 4.37. The summed E-state index contributed by atoms with van der Waals surface area (Å²) >= 11 is 0. The molecular weight excluding hydrogens is 314 g/mol. The molecular formula is C17H19NO4S. The van der Waals surface area contributed by atoms with Crippen molar-refractivity contribution >= 4 is 26.5 Å². The van der Waals surface area contributed by atoms with E-state index >= 15 is 0 Å². The van der Waals surface area contributed by atoms with Gasteiger partial charge in [0.2, 0.25) is 0 Å². The highest BCUT2D eigenvalue weighted by Crippen LogP contribution is 2.24. The maximum Gasteiger partial charge on any atom is 0.253 e. The molecule has 1 aliphatic heterocycles. The van der Waals surface area contributed by atoms with Gasteiger partial charge in [0.1, 0.15) is 5.75 Å². The average molecular weight is 333 g/mol. The van der Waals surface area contributed by atoms with Crippen LogP contribution in [0.15, 0.2) is 36.4 Å². The highest BCUT2D eigenvalue weighted by molar-refractivity contribution is 7.91. The molecule has 0 bridgehead atoms. The van der Waals surface area contributed by atoms with Crippen LogP contribution in [0.4, 0.5) is 0 Å². The number of carbonyl (C=O) groups is 1. The zero-order chi connectivity index (χ0) is 16.6. The zero-order valence-corrected chi connectivity index (χ0v) is 14.0. The predicted octanol–water partition coefficient (Wildman–Crippen LogP) is 2.11. The van der Waals surface area contributed by atoms with Gasteiger partial charge in [-0.15, -0.1) is 0 Å². The molecule has 0 radical (unpaired) electrons. The molecule has 6 heteroatoms. The van der Waals surface area contributed by atoms with Crippen LogP contribution in [0.3, 0.4) is 0 Å². The summed E-state index contributed by atoms with van der Waals surface area (Å²) in [7, 11) is 0.281. The molecule has 0 aromatic heterocycles. The molecule has 3 rings (SSSR count). The van der Waals surface area contributed by atoms with Gasteiger partial charge in [0.05, 0.1) is 18.6 Å². The molecule has 1 amide bonds. The first-order valence-corrected chi connectivity index (χ1v) is 9.27. The Labute approximate surface area is 135 Å². The molecule has 5 nitrogen and oxygen atoms in total. The first-order chi connectivity index (χ1) is 10.9. The molecule has 2 aromatic rings. The van der Waals surface area contributed by atoms with Gasteiger partial charge >= 0.3 is 0 Å². The summed E-state index contributed by atoms with van der Waals surface area (Å²) in [4.78, 5) is 14.2. The Kier molecular flexibility index (Phi) is 4.02. The van der Waals surface area contributed by atoms with Crippen molar-refractivity contribution in [1.82, 2.24) is 4.90 Å². The number of hydrogen-bond donors (Lipinski definition) is 0. The Hall–Kier alpha value is -2.08. The number of sulfone groups is 1. The topological polar surface area (TPSA) is 63.7 Å². The smallest absolute Gasteiger partial charge is 0.253 e. The van der Waals surface area contributed by atoms with Crippen LogP contribution < -0.4 is 4.74 Å². The van der Waals surface area contributed by atoms with Crippen LogP contribution in [0, 0.1) is 0 Å². The Morgan fingerprint density at radius 2 is 1.87 bits per heavy atom. The summed E-state index contributed by atoms with van der Waals surface area (Å²) < 4.78 is 28.4. The Morgan fingerprint density at radius 1 is 1.17 bits per heavy atom. The Bertz CT molecular complexity index is 860. The quantitative estimate of drug-likeness (QED) is 0.863. The van der Waals surface area contributed by atoms with Crippen LogP contribution in [0.5, 0.6) is 5.75 Å². The number of methoxy groups -OCH3 is 1. The third-order valence-corrected chi connectivity index (χ3v) is 6.12. The van der Waals surface area contributed by atoms with E-state index < -0.39 is 9.84 Å². The Balaban J connectivity index is 1.86. The van der Waals surface area contributed by atoms with E-state index in [9.17, 15) is 13.2 Å². The minimum Gasteiger partial charge on any atom is -0.497 e. The van der Waals surface area contributed by atoms with Crippen LogP contribution >= 0.6 is 0 Å². The molecule has 0 spiro atoms. The van der Waals surface area contributed by atoms with E-state index in [0.717, 1.165) is 16.5 Å². The number of hydrogen-bond acceptors (Lipinski definition) is 4. The van der Waals surface area contributed by atoms with Gasteiger partial charge in [-0.2, -0.15) is 0 Å². The number of fused-ring (bicyclic) bond motifs is 1. The number of nitrogens with zero attached hydrogens (tertiary/aromatic N) is 1. The van der Waals surface area contributed by atoms with Gasteiger partial charge < -0.3 is 9.64 Å². The second-order valence-corrected chi connectivity index (χ2v) is 8.13. The lowest BCUT2D eigenvalue weighted by molar-refractivity contribution is 0.0748. The zero-order valence-electron chi connectivity index (χ0n) is 13.2. The lowest BCUT2D eigenvalue weighted by Gasteiger charge is -2.23. The van der Waals surface area contributed by atoms with Crippen LogP contribution in [0.1, 0.15) is 16.8 Å². The van der Waals surface area contributed by atoms with Crippen LogP contribution in [0.2, 0.25) is 0 Å². The summed E-state index contributed by atoms with van der Waals surface area (Å²) in [6, 6.07) is 10.9. The summed E-state index contributed by atoms with van der Waals surface area (Å²) in [6.45, 7) is 0. The van der Waals surface area contributed by atoms with Crippen molar-refractivity contribution in [1.29, 1.82) is 0 Å². The van der Waals surface area contributed by atoms with Crippen LogP contribution in [0.25, 0.3) is 10.8 Å². The first-order valence-electron chi connectivity index (χ1n) is 7.45. The first kappa shape index (κ1) is 15.8. The lowest BCUT2D eigenvalue weighted by atomic mass is 10.1. The van der Waals surface area contributed by atoms with Gasteiger partial charge in [-0.1, -0.05) is 12.1 Å². The highest BCUT2D eigenvalue weighted by Gasteiger charge is 2.33. The number of carbonyl (C=O) groups excluding carboxylic acids is 1. The number of amides is 1. The van der Waals surface area contributed by atoms with Gasteiger partial charge in [-0.3, -0.25) is 4.79 Å². The molecule has 1 atom stereocenters. The third kappa shape index (κ3) is 3.17. The van der Waals surface area contributed by atoms with Crippen molar-refractivity contribution in [3.05, 3.63) is 42.0 Å². The van der Waals surface area contributed by atoms with Gasteiger partial charge in [0, 0.05) is 18.7 Å². The van der Waals surface area contributed by atoms with Crippen molar-refractivity contribution in [2.45, 2.75) is 12.5 Å². The minimum atomic E-state index is -3.01. The van der Waals surface area contributed by atoms with E-state index in [-0.39, 0.29) is 23.5 Å². The maximum absolute atomic E-state index is 12.6. The van der Waals surface area contributed by atoms with Crippen LogP contribution in [-0.2, 0) is 9.84 Å². The maximum atomic E-state index is 12.6. The molecule has 1 aliphatic rings. The van der Waals surface area contributed by atoms with Crippen molar-refractivity contribution in [3.63, 3.8) is 0 Å². The SMILES string of the molecule is COc1ccc2cc(C(=O)N(C)[C@H]3CCS(=O)(=O)C3)ccc2c1. The normalized spacial score (nSPS) is 19.7. The largest absolute Gasteiger partial charge is 0.497 e. The number of rotatable bonds is 3. The molecule has 0 saturated carbocycles. The predicted molar refractivity (Wildman–Crippen MR) is 89.7 cm³/mol. The molecule has 1 heterocycles. The minimum absolute atomic E-state index is 0.0556. The molecule has 122 valence electrons. The van der Waals surface area contributed by atoms with Crippen molar-refractivity contribution in [3.8, 4) is 5.75 Å². The van der Waals surface area contributed by atoms with Crippen LogP contribution in [-0.4, -0.2) is 50.9 Å². The monoisotopic (exact) mass is 333 g/mol. The van der Waals surface area contributed by atoms with Gasteiger partial charge in [0.25, 0.3) is 5.91 Å². The Morgan fingerprint density at radius 3 is 2.52 bits per heavy atom. The highest BCUT2D eigenvalue weighted by atomic mass is 32.2. The average Bonchev–Trinajstić information content (AvgIpc) is 2.92. The van der Waals surface area contributed by atoms with Crippen molar-refractivity contribution in [2.75, 3.05) is 25.7 Å². The lowest BCUT2D eigenvalue weighted by Crippen LogP contribution is -2.37. The summed E-state index contributed by atoms with van der Waals surface area (Å²) in [5, 5.41) is 1.94. The molecule has 1 fully saturated rings. The fourth-order valence-electron chi connectivity index (χ4n) is 2.93. The fraction of sp³-hybridized carbons (Fsp3) is 0.353. The van der Waals surface area contributed by atoms with E-state index in [1.165, 1.54) is 0 Å². The summed E-state index contributed by atoms with van der Waals surface area (Å²) in [6.07, 6.45) is 0.509. The fourth-order valence-corrected chi connectivity index (χ4v) is 4.71. The molecule has 2 aromatic carbocycles. The van der Waals surface area contributed by atoms with E-state index in [4.69, 9.17) is 4.74 Å². The van der Waals surface area contributed by atoms with E-state index in [2.05, 4.69) is 0 Å². The molecule has 23 heavy (non-hydrogen) atoms. The molecule has 0 N–H and O–H groups in total. The standard InChI is InChI=1S/C17H19NO4S/c1-18(15-7-8-23(20,21)11-15)17(19)14-4-3-13-10-16(22-2)6-5-12(13)9-14/h3-6,9-10,15H,7-8,11H2,1-2H3/t15-/m0/s1. The van der Waals surface area contributed by atoms with Gasteiger partial charge in [-0.25, -0.2) is 8.42 Å². The van der Waals surface area contributed by atoms with E-state index in [1.807, 2.05) is 30.3 Å². The van der Waals surface area contributed by atoms with E-state index in [1.54, 1.807) is 25.1 Å². The van der Waals surface area contributed by atoms with Gasteiger partial charge in [-0.05, 0) is 41.5 Å². The van der Waals surface area contributed by atoms with Crippen molar-refractivity contribution < 1.29 is 17.9 Å². The van der Waals surface area contributed by atoms with E-state index in [0.29, 0.717) is 12.0 Å². The number of ether oxygens (including phenoxy) is 1. The summed E-state index contributed by atoms with van der Waals surface area (Å²) in [5.41, 5.74) is 0.564. The van der Waals surface area contributed by atoms with Crippen molar-refractivity contribution in [2.24, 2.45) is 0 Å². The molecule has 1 saturated heterocycles. The molecule has 0 unspecified atom stereocenters. The number of benzene rings is 2. The molecule has 0 aliphatic carbocycles. The van der Waals surface area contributed by atoms with Gasteiger partial charge in [0.15, 0.2) is 9.84 Å². The second kappa shape index (κ2) is 5.85. The summed E-state index contributed by atoms with van der Waals surface area (Å²) in [5.74, 6) is 0.835. The second-order valence-electron chi connectivity index (χ2n) is 5.90.